The van der Waals surface area contributed by atoms with Gasteiger partial charge in [0.15, 0.2) is 0 Å². The van der Waals surface area contributed by atoms with Crippen LogP contribution in [0.3, 0.4) is 0 Å². The molecule has 6 heteroatoms. The van der Waals surface area contributed by atoms with E-state index in [1.807, 2.05) is 38.1 Å². The molecule has 2 aliphatic heterocycles. The first-order valence-corrected chi connectivity index (χ1v) is 12.6. The Morgan fingerprint density at radius 2 is 1.88 bits per heavy atom. The molecule has 3 atom stereocenters. The molecule has 0 spiro atoms. The van der Waals surface area contributed by atoms with Gasteiger partial charge in [-0.25, -0.2) is 4.79 Å². The van der Waals surface area contributed by atoms with Crippen molar-refractivity contribution in [2.75, 3.05) is 22.9 Å². The molecule has 0 aromatic heterocycles. The first kappa shape index (κ1) is 22.9. The summed E-state index contributed by atoms with van der Waals surface area (Å²) in [6.45, 7) is 6.88. The number of hydrogen-bond donors (Lipinski definition) is 1. The Morgan fingerprint density at radius 1 is 1.06 bits per heavy atom. The largest absolute Gasteiger partial charge is 0.419 e. The maximum absolute atomic E-state index is 13.3. The fraction of sp³-hybridized carbons (Fsp3) is 0.500. The van der Waals surface area contributed by atoms with Crippen molar-refractivity contribution in [1.29, 1.82) is 0 Å². The van der Waals surface area contributed by atoms with E-state index in [-0.39, 0.29) is 11.9 Å². The molecule has 0 bridgehead atoms. The minimum absolute atomic E-state index is 0.0181. The molecule has 3 aliphatic rings. The number of piperidine rings is 1. The van der Waals surface area contributed by atoms with Crippen LogP contribution in [0.4, 0.5) is 16.2 Å². The number of nitrogens with one attached hydrogen (secondary N) is 1. The smallest absolute Gasteiger partial charge is 0.410 e. The predicted molar refractivity (Wildman–Crippen MR) is 135 cm³/mol. The van der Waals surface area contributed by atoms with Crippen molar-refractivity contribution >= 4 is 23.4 Å². The highest BCUT2D eigenvalue weighted by atomic mass is 16.6. The zero-order valence-electron chi connectivity index (χ0n) is 20.4. The van der Waals surface area contributed by atoms with E-state index in [1.165, 1.54) is 31.2 Å². The third-order valence-corrected chi connectivity index (χ3v) is 7.49. The normalized spacial score (nSPS) is 24.5. The van der Waals surface area contributed by atoms with E-state index in [2.05, 4.69) is 17.4 Å². The third-order valence-electron chi connectivity index (χ3n) is 7.49. The van der Waals surface area contributed by atoms with Crippen molar-refractivity contribution in [2.24, 2.45) is 5.92 Å². The molecule has 1 saturated heterocycles. The summed E-state index contributed by atoms with van der Waals surface area (Å²) in [6, 6.07) is 14.2. The van der Waals surface area contributed by atoms with Gasteiger partial charge in [-0.15, -0.1) is 0 Å². The fourth-order valence-corrected chi connectivity index (χ4v) is 5.54. The topological polar surface area (TPSA) is 61.9 Å². The Hall–Kier alpha value is -2.86. The van der Waals surface area contributed by atoms with Gasteiger partial charge in [0.1, 0.15) is 5.75 Å². The van der Waals surface area contributed by atoms with E-state index < -0.39 is 6.09 Å². The van der Waals surface area contributed by atoms with Crippen molar-refractivity contribution in [2.45, 2.75) is 70.9 Å². The minimum atomic E-state index is -0.412. The molecule has 6 nitrogen and oxygen atoms in total. The molecule has 2 fully saturated rings. The summed E-state index contributed by atoms with van der Waals surface area (Å²) in [4.78, 5) is 29.2. The van der Waals surface area contributed by atoms with Gasteiger partial charge in [-0.2, -0.15) is 0 Å². The summed E-state index contributed by atoms with van der Waals surface area (Å²) in [6.07, 6.45) is 6.02. The minimum Gasteiger partial charge on any atom is -0.410 e. The van der Waals surface area contributed by atoms with Crippen molar-refractivity contribution in [3.8, 4) is 5.75 Å². The number of ether oxygens (including phenoxy) is 1. The number of fused-ring (bicyclic) bond motifs is 1. The number of hydrogen-bond acceptors (Lipinski definition) is 4. The van der Waals surface area contributed by atoms with Gasteiger partial charge in [0.2, 0.25) is 5.91 Å². The Labute approximate surface area is 202 Å². The number of nitrogens with zero attached hydrogens (tertiary/aromatic N) is 2. The van der Waals surface area contributed by atoms with Gasteiger partial charge in [0.05, 0.1) is 17.4 Å². The van der Waals surface area contributed by atoms with E-state index in [0.29, 0.717) is 24.3 Å². The van der Waals surface area contributed by atoms with Crippen LogP contribution in [0, 0.1) is 12.8 Å². The summed E-state index contributed by atoms with van der Waals surface area (Å²) in [5, 5.41) is 3.76. The molecular weight excluding hydrogens is 426 g/mol. The van der Waals surface area contributed by atoms with Crippen molar-refractivity contribution < 1.29 is 14.3 Å². The highest BCUT2D eigenvalue weighted by molar-refractivity contribution is 6.02. The molecule has 1 aliphatic carbocycles. The summed E-state index contributed by atoms with van der Waals surface area (Å²) < 4.78 is 5.75. The number of anilines is 2. The highest BCUT2D eigenvalue weighted by Crippen LogP contribution is 2.40. The van der Waals surface area contributed by atoms with Crippen molar-refractivity contribution in [3.63, 3.8) is 0 Å². The Morgan fingerprint density at radius 3 is 2.56 bits per heavy atom. The van der Waals surface area contributed by atoms with Crippen molar-refractivity contribution in [1.82, 2.24) is 5.32 Å². The zero-order valence-corrected chi connectivity index (χ0v) is 20.4. The lowest BCUT2D eigenvalue weighted by molar-refractivity contribution is -0.117. The number of carbonyl (C=O) groups is 2. The highest BCUT2D eigenvalue weighted by Gasteiger charge is 2.36. The van der Waals surface area contributed by atoms with Crippen LogP contribution >= 0.6 is 0 Å². The molecule has 2 unspecified atom stereocenters. The second-order valence-electron chi connectivity index (χ2n) is 10.3. The molecule has 34 heavy (non-hydrogen) atoms. The first-order valence-electron chi connectivity index (χ1n) is 12.6. The van der Waals surface area contributed by atoms with Crippen LogP contribution in [0.25, 0.3) is 0 Å². The van der Waals surface area contributed by atoms with Gasteiger partial charge in [-0.05, 0) is 80.3 Å². The van der Waals surface area contributed by atoms with E-state index in [0.717, 1.165) is 35.8 Å². The van der Waals surface area contributed by atoms with Gasteiger partial charge in [0, 0.05) is 26.1 Å². The number of aryl methyl sites for hydroxylation is 1. The lowest BCUT2D eigenvalue weighted by Crippen LogP contribution is -2.52. The molecule has 2 amide bonds. The summed E-state index contributed by atoms with van der Waals surface area (Å²) in [5.41, 5.74) is 3.77. The van der Waals surface area contributed by atoms with Gasteiger partial charge in [-0.1, -0.05) is 31.0 Å². The van der Waals surface area contributed by atoms with E-state index in [1.54, 1.807) is 22.8 Å². The fourth-order valence-electron chi connectivity index (χ4n) is 5.54. The van der Waals surface area contributed by atoms with Crippen LogP contribution in [-0.2, 0) is 4.79 Å². The molecule has 0 radical (unpaired) electrons. The number of amides is 2. The molecule has 1 saturated carbocycles. The van der Waals surface area contributed by atoms with Crippen LogP contribution in [0.2, 0.25) is 0 Å². The lowest BCUT2D eigenvalue weighted by atomic mass is 9.86. The molecule has 180 valence electrons. The molecule has 2 heterocycles. The average Bonchev–Trinajstić information content (AvgIpc) is 3.62. The Bertz CT molecular complexity index is 1070. The van der Waals surface area contributed by atoms with Crippen LogP contribution < -0.4 is 19.9 Å². The Kier molecular flexibility index (Phi) is 6.34. The summed E-state index contributed by atoms with van der Waals surface area (Å²) >= 11 is 0. The molecule has 5 rings (SSSR count). The van der Waals surface area contributed by atoms with Gasteiger partial charge >= 0.3 is 6.09 Å². The summed E-state index contributed by atoms with van der Waals surface area (Å²) in [5.74, 6) is 1.85. The van der Waals surface area contributed by atoms with Crippen LogP contribution in [0.1, 0.15) is 63.0 Å². The predicted octanol–water partition coefficient (Wildman–Crippen LogP) is 5.39. The molecule has 2 aromatic rings. The van der Waals surface area contributed by atoms with Gasteiger partial charge < -0.3 is 15.0 Å². The average molecular weight is 462 g/mol. The third kappa shape index (κ3) is 4.83. The maximum atomic E-state index is 13.3. The quantitative estimate of drug-likeness (QED) is 0.663. The lowest BCUT2D eigenvalue weighted by Gasteiger charge is -2.41. The summed E-state index contributed by atoms with van der Waals surface area (Å²) in [7, 11) is 0. The number of benzene rings is 2. The van der Waals surface area contributed by atoms with Gasteiger partial charge in [0.25, 0.3) is 0 Å². The number of carbonyl (C=O) groups excluding carboxylic acids is 2. The zero-order chi connectivity index (χ0) is 23.8. The van der Waals surface area contributed by atoms with E-state index >= 15 is 0 Å². The van der Waals surface area contributed by atoms with E-state index in [9.17, 15) is 9.59 Å². The standard InChI is InChI=1S/C28H35N3O3/c1-18-5-4-6-25(13-18)34-28(33)30-17-19(2)31(20(3)32)26-12-10-22(15-27(26)30)23-9-11-24(29-16-23)14-21-7-8-21/h4-6,10,12-13,15,19,21,23-24,29H,7-9,11,14,16-17H2,1-3H3/t19-,23?,24?/m0/s1. The Balaban J connectivity index is 1.40. The number of rotatable bonds is 4. The van der Waals surface area contributed by atoms with Gasteiger partial charge in [-0.3, -0.25) is 9.69 Å². The van der Waals surface area contributed by atoms with Crippen molar-refractivity contribution in [3.05, 3.63) is 53.6 Å². The van der Waals surface area contributed by atoms with Crippen LogP contribution in [-0.4, -0.2) is 37.2 Å². The first-order chi connectivity index (χ1) is 16.4. The molecule has 2 aromatic carbocycles. The van der Waals surface area contributed by atoms with Crippen LogP contribution in [0.15, 0.2) is 42.5 Å². The second-order valence-corrected chi connectivity index (χ2v) is 10.3. The van der Waals surface area contributed by atoms with E-state index in [4.69, 9.17) is 4.74 Å². The molecular formula is C28H35N3O3. The van der Waals surface area contributed by atoms with Crippen LogP contribution in [0.5, 0.6) is 5.75 Å². The second kappa shape index (κ2) is 9.41. The maximum Gasteiger partial charge on any atom is 0.419 e. The SMILES string of the molecule is CC(=O)N1c2ccc(C3CCC(CC4CC4)NC3)cc2N(C(=O)Oc2cccc(C)c2)C[C@@H]1C. The monoisotopic (exact) mass is 461 g/mol. The molecule has 1 N–H and O–H groups in total.